The van der Waals surface area contributed by atoms with Gasteiger partial charge in [0.25, 0.3) is 5.19 Å². The van der Waals surface area contributed by atoms with Crippen LogP contribution in [0.5, 0.6) is 10.9 Å². The molecule has 0 bridgehead atoms. The number of anilines is 1. The van der Waals surface area contributed by atoms with E-state index in [4.69, 9.17) is 9.47 Å². The number of methoxy groups -OCH3 is 1. The van der Waals surface area contributed by atoms with Gasteiger partial charge in [0, 0.05) is 10.6 Å². The van der Waals surface area contributed by atoms with Gasteiger partial charge in [0.2, 0.25) is 0 Å². The summed E-state index contributed by atoms with van der Waals surface area (Å²) in [6.07, 6.45) is 0. The van der Waals surface area contributed by atoms with Gasteiger partial charge in [-0.2, -0.15) is 0 Å². The molecule has 3 rings (SSSR count). The summed E-state index contributed by atoms with van der Waals surface area (Å²) < 4.78 is 10.7. The van der Waals surface area contributed by atoms with Gasteiger partial charge in [-0.05, 0) is 42.6 Å². The quantitative estimate of drug-likeness (QED) is 0.601. The Balaban J connectivity index is 1.80. The van der Waals surface area contributed by atoms with Crippen LogP contribution in [0.15, 0.2) is 41.8 Å². The van der Waals surface area contributed by atoms with Gasteiger partial charge in [-0.1, -0.05) is 22.5 Å². The molecule has 7 heteroatoms. The smallest absolute Gasteiger partial charge is 0.294 e. The van der Waals surface area contributed by atoms with Crippen molar-refractivity contribution in [3.8, 4) is 10.9 Å². The molecular weight excluding hydrogens is 342 g/mol. The van der Waals surface area contributed by atoms with Gasteiger partial charge in [-0.25, -0.2) is 0 Å². The molecule has 0 amide bonds. The minimum absolute atomic E-state index is 0.603. The largest absolute Gasteiger partial charge is 0.497 e. The summed E-state index contributed by atoms with van der Waals surface area (Å²) in [4.78, 5) is 3.59. The first kappa shape index (κ1) is 16.7. The van der Waals surface area contributed by atoms with Crippen LogP contribution in [0.2, 0.25) is 0 Å². The van der Waals surface area contributed by atoms with Gasteiger partial charge in [0.15, 0.2) is 0 Å². The Morgan fingerprint density at radius 3 is 2.58 bits per heavy atom. The third kappa shape index (κ3) is 4.24. The number of aromatic nitrogens is 2. The molecule has 0 saturated heterocycles. The molecule has 0 saturated carbocycles. The zero-order valence-electron chi connectivity index (χ0n) is 13.6. The third-order valence-corrected chi connectivity index (χ3v) is 5.09. The summed E-state index contributed by atoms with van der Waals surface area (Å²) in [6.45, 7) is 4.07. The molecule has 126 valence electrons. The molecule has 0 unspecified atom stereocenters. The lowest BCUT2D eigenvalue weighted by atomic mass is 10.2. The fourth-order valence-corrected chi connectivity index (χ4v) is 3.75. The van der Waals surface area contributed by atoms with E-state index in [9.17, 15) is 0 Å². The van der Waals surface area contributed by atoms with Crippen LogP contribution >= 0.6 is 22.7 Å². The van der Waals surface area contributed by atoms with E-state index in [-0.39, 0.29) is 0 Å². The minimum atomic E-state index is 0.603. The molecular formula is C17H19N3O2S2. The summed E-state index contributed by atoms with van der Waals surface area (Å²) in [7, 11) is 1.68. The number of thiophene rings is 1. The van der Waals surface area contributed by atoms with Crippen LogP contribution in [0, 0.1) is 0 Å². The molecule has 0 fully saturated rings. The standard InChI is InChI=1S/C17H19N3O2S2/c1-3-22-17-19-18-16(24-17)12-20(11-15-5-4-10-23-15)13-6-8-14(21-2)9-7-13/h4-10H,3,11-12H2,1-2H3. The zero-order valence-corrected chi connectivity index (χ0v) is 15.3. The van der Waals surface area contributed by atoms with Gasteiger partial charge < -0.3 is 14.4 Å². The van der Waals surface area contributed by atoms with E-state index in [1.807, 2.05) is 19.1 Å². The number of nitrogens with zero attached hydrogens (tertiary/aromatic N) is 3. The molecule has 0 radical (unpaired) electrons. The normalized spacial score (nSPS) is 10.6. The van der Waals surface area contributed by atoms with E-state index in [0.717, 1.165) is 23.0 Å². The van der Waals surface area contributed by atoms with E-state index in [1.165, 1.54) is 16.2 Å². The Morgan fingerprint density at radius 1 is 1.08 bits per heavy atom. The van der Waals surface area contributed by atoms with Crippen LogP contribution in [0.3, 0.4) is 0 Å². The van der Waals surface area contributed by atoms with Gasteiger partial charge in [0.05, 0.1) is 26.8 Å². The summed E-state index contributed by atoms with van der Waals surface area (Å²) in [6, 6.07) is 12.3. The Kier molecular flexibility index (Phi) is 5.66. The highest BCUT2D eigenvalue weighted by Crippen LogP contribution is 2.26. The number of ether oxygens (including phenoxy) is 2. The van der Waals surface area contributed by atoms with Gasteiger partial charge in [-0.15, -0.1) is 16.4 Å². The molecule has 0 aliphatic rings. The van der Waals surface area contributed by atoms with Crippen LogP contribution in [0.25, 0.3) is 0 Å². The molecule has 0 aliphatic heterocycles. The Bertz CT molecular complexity index is 742. The molecule has 1 aromatic carbocycles. The van der Waals surface area contributed by atoms with Crippen LogP contribution in [0.4, 0.5) is 5.69 Å². The Hall–Kier alpha value is -2.12. The number of hydrogen-bond acceptors (Lipinski definition) is 7. The first-order valence-electron chi connectivity index (χ1n) is 7.65. The van der Waals surface area contributed by atoms with Gasteiger partial charge >= 0.3 is 0 Å². The van der Waals surface area contributed by atoms with Gasteiger partial charge in [0.1, 0.15) is 10.8 Å². The van der Waals surface area contributed by atoms with Crippen molar-refractivity contribution >= 4 is 28.4 Å². The topological polar surface area (TPSA) is 47.5 Å². The summed E-state index contributed by atoms with van der Waals surface area (Å²) in [5, 5.41) is 12.0. The molecule has 5 nitrogen and oxygen atoms in total. The Labute approximate surface area is 149 Å². The third-order valence-electron chi connectivity index (χ3n) is 3.41. The fraction of sp³-hybridized carbons (Fsp3) is 0.294. The summed E-state index contributed by atoms with van der Waals surface area (Å²) in [5.41, 5.74) is 1.12. The second-order valence-corrected chi connectivity index (χ2v) is 7.09. The van der Waals surface area contributed by atoms with Crippen LogP contribution < -0.4 is 14.4 Å². The monoisotopic (exact) mass is 361 g/mol. The van der Waals surface area contributed by atoms with Crippen molar-refractivity contribution in [3.63, 3.8) is 0 Å². The number of hydrogen-bond donors (Lipinski definition) is 0. The van der Waals surface area contributed by atoms with Gasteiger partial charge in [-0.3, -0.25) is 0 Å². The van der Waals surface area contributed by atoms with E-state index in [2.05, 4.69) is 44.7 Å². The summed E-state index contributed by atoms with van der Waals surface area (Å²) >= 11 is 3.25. The summed E-state index contributed by atoms with van der Waals surface area (Å²) in [5.74, 6) is 0.851. The van der Waals surface area contributed by atoms with E-state index < -0.39 is 0 Å². The zero-order chi connectivity index (χ0) is 16.8. The fourth-order valence-electron chi connectivity index (χ4n) is 2.27. The lowest BCUT2D eigenvalue weighted by Crippen LogP contribution is -2.21. The minimum Gasteiger partial charge on any atom is -0.497 e. The lowest BCUT2D eigenvalue weighted by molar-refractivity contribution is 0.335. The maximum absolute atomic E-state index is 5.42. The predicted octanol–water partition coefficient (Wildman–Crippen LogP) is 4.21. The van der Waals surface area contributed by atoms with Crippen LogP contribution in [-0.2, 0) is 13.1 Å². The first-order valence-corrected chi connectivity index (χ1v) is 9.34. The average Bonchev–Trinajstić information content (AvgIpc) is 3.27. The van der Waals surface area contributed by atoms with E-state index in [0.29, 0.717) is 18.3 Å². The van der Waals surface area contributed by atoms with Crippen molar-refractivity contribution in [3.05, 3.63) is 51.7 Å². The molecule has 0 aliphatic carbocycles. The highest BCUT2D eigenvalue weighted by molar-refractivity contribution is 7.13. The predicted molar refractivity (Wildman–Crippen MR) is 98.3 cm³/mol. The SMILES string of the molecule is CCOc1nnc(CN(Cc2cccs2)c2ccc(OC)cc2)s1. The van der Waals surface area contributed by atoms with Crippen molar-refractivity contribution in [2.75, 3.05) is 18.6 Å². The lowest BCUT2D eigenvalue weighted by Gasteiger charge is -2.23. The molecule has 3 aromatic rings. The van der Waals surface area contributed by atoms with Crippen molar-refractivity contribution in [2.45, 2.75) is 20.0 Å². The van der Waals surface area contributed by atoms with E-state index in [1.54, 1.807) is 18.4 Å². The van der Waals surface area contributed by atoms with Crippen LogP contribution in [-0.4, -0.2) is 23.9 Å². The molecule has 2 aromatic heterocycles. The highest BCUT2D eigenvalue weighted by Gasteiger charge is 2.13. The molecule has 2 heterocycles. The molecule has 24 heavy (non-hydrogen) atoms. The average molecular weight is 361 g/mol. The first-order chi connectivity index (χ1) is 11.8. The maximum Gasteiger partial charge on any atom is 0.294 e. The highest BCUT2D eigenvalue weighted by atomic mass is 32.1. The maximum atomic E-state index is 5.42. The molecule has 0 N–H and O–H groups in total. The van der Waals surface area contributed by atoms with Crippen molar-refractivity contribution < 1.29 is 9.47 Å². The number of benzene rings is 1. The number of rotatable bonds is 8. The molecule has 0 atom stereocenters. The van der Waals surface area contributed by atoms with Crippen molar-refractivity contribution in [1.29, 1.82) is 0 Å². The molecule has 0 spiro atoms. The van der Waals surface area contributed by atoms with E-state index >= 15 is 0 Å². The second kappa shape index (κ2) is 8.12. The Morgan fingerprint density at radius 2 is 1.92 bits per heavy atom. The van der Waals surface area contributed by atoms with Crippen molar-refractivity contribution in [2.24, 2.45) is 0 Å². The second-order valence-electron chi connectivity index (χ2n) is 5.03. The van der Waals surface area contributed by atoms with Crippen molar-refractivity contribution in [1.82, 2.24) is 10.2 Å². The van der Waals surface area contributed by atoms with Crippen LogP contribution in [0.1, 0.15) is 16.8 Å².